The molecule has 0 heterocycles. The van der Waals surface area contributed by atoms with Gasteiger partial charge in [-0.2, -0.15) is 0 Å². The third kappa shape index (κ3) is 5.95. The molecular formula is C20H25N3O2. The lowest BCUT2D eigenvalue weighted by Gasteiger charge is -2.20. The van der Waals surface area contributed by atoms with Gasteiger partial charge in [-0.25, -0.2) is 4.79 Å². The maximum absolute atomic E-state index is 12.2. The SMILES string of the molecule is CC(=O)NCCCNC(=O)N(C)Cc1ccccc1-c1ccccc1. The van der Waals surface area contributed by atoms with Gasteiger partial charge in [0, 0.05) is 33.6 Å². The van der Waals surface area contributed by atoms with Crippen LogP contribution in [0, 0.1) is 0 Å². The Balaban J connectivity index is 1.91. The molecule has 25 heavy (non-hydrogen) atoms. The minimum absolute atomic E-state index is 0.0547. The van der Waals surface area contributed by atoms with Crippen molar-refractivity contribution in [2.24, 2.45) is 0 Å². The Hall–Kier alpha value is -2.82. The highest BCUT2D eigenvalue weighted by molar-refractivity contribution is 5.75. The van der Waals surface area contributed by atoms with E-state index in [-0.39, 0.29) is 11.9 Å². The van der Waals surface area contributed by atoms with Crippen molar-refractivity contribution in [3.8, 4) is 11.1 Å². The van der Waals surface area contributed by atoms with Gasteiger partial charge in [-0.15, -0.1) is 0 Å². The maximum Gasteiger partial charge on any atom is 0.317 e. The van der Waals surface area contributed by atoms with Crippen LogP contribution in [0.4, 0.5) is 4.79 Å². The maximum atomic E-state index is 12.2. The number of amides is 3. The van der Waals surface area contributed by atoms with Gasteiger partial charge < -0.3 is 15.5 Å². The van der Waals surface area contributed by atoms with E-state index in [4.69, 9.17) is 0 Å². The third-order valence-corrected chi connectivity index (χ3v) is 3.86. The normalized spacial score (nSPS) is 10.2. The number of nitrogens with zero attached hydrogens (tertiary/aromatic N) is 1. The number of hydrogen-bond acceptors (Lipinski definition) is 2. The zero-order chi connectivity index (χ0) is 18.1. The summed E-state index contributed by atoms with van der Waals surface area (Å²) >= 11 is 0. The Kier molecular flexibility index (Phi) is 7.01. The number of nitrogens with one attached hydrogen (secondary N) is 2. The van der Waals surface area contributed by atoms with Crippen LogP contribution in [0.1, 0.15) is 18.9 Å². The average Bonchev–Trinajstić information content (AvgIpc) is 2.62. The summed E-state index contributed by atoms with van der Waals surface area (Å²) in [5.41, 5.74) is 3.38. The molecule has 0 aromatic heterocycles. The van der Waals surface area contributed by atoms with E-state index in [9.17, 15) is 9.59 Å². The zero-order valence-electron chi connectivity index (χ0n) is 14.8. The van der Waals surface area contributed by atoms with Crippen LogP contribution in [0.2, 0.25) is 0 Å². The Labute approximate surface area is 149 Å². The van der Waals surface area contributed by atoms with Gasteiger partial charge in [0.05, 0.1) is 0 Å². The summed E-state index contributed by atoms with van der Waals surface area (Å²) in [5, 5.41) is 5.58. The van der Waals surface area contributed by atoms with Gasteiger partial charge in [-0.05, 0) is 23.1 Å². The second-order valence-electron chi connectivity index (χ2n) is 5.95. The first-order valence-corrected chi connectivity index (χ1v) is 8.44. The van der Waals surface area contributed by atoms with Gasteiger partial charge >= 0.3 is 6.03 Å². The van der Waals surface area contributed by atoms with E-state index in [0.29, 0.717) is 26.1 Å². The molecule has 0 aliphatic heterocycles. The van der Waals surface area contributed by atoms with Crippen molar-refractivity contribution in [3.63, 3.8) is 0 Å². The van der Waals surface area contributed by atoms with Crippen LogP contribution < -0.4 is 10.6 Å². The van der Waals surface area contributed by atoms with E-state index >= 15 is 0 Å². The Morgan fingerprint density at radius 2 is 1.56 bits per heavy atom. The summed E-state index contributed by atoms with van der Waals surface area (Å²) in [6, 6.07) is 18.1. The fourth-order valence-corrected chi connectivity index (χ4v) is 2.57. The molecule has 0 spiro atoms. The molecule has 0 saturated carbocycles. The summed E-state index contributed by atoms with van der Waals surface area (Å²) in [6.45, 7) is 3.11. The fraction of sp³-hybridized carbons (Fsp3) is 0.300. The topological polar surface area (TPSA) is 61.4 Å². The molecule has 0 unspecified atom stereocenters. The number of hydrogen-bond donors (Lipinski definition) is 2. The summed E-state index contributed by atoms with van der Waals surface area (Å²) < 4.78 is 0. The van der Waals surface area contributed by atoms with E-state index in [2.05, 4.69) is 28.8 Å². The van der Waals surface area contributed by atoms with Crippen LogP contribution in [-0.4, -0.2) is 37.0 Å². The quantitative estimate of drug-likeness (QED) is 0.762. The van der Waals surface area contributed by atoms with Gasteiger partial charge in [0.25, 0.3) is 0 Å². The molecule has 5 nitrogen and oxygen atoms in total. The summed E-state index contributed by atoms with van der Waals surface area (Å²) in [5.74, 6) is -0.0547. The molecule has 132 valence electrons. The van der Waals surface area contributed by atoms with Crippen molar-refractivity contribution in [3.05, 3.63) is 60.2 Å². The van der Waals surface area contributed by atoms with Crippen molar-refractivity contribution in [2.45, 2.75) is 19.9 Å². The molecule has 0 atom stereocenters. The number of rotatable bonds is 7. The summed E-state index contributed by atoms with van der Waals surface area (Å²) in [6.07, 6.45) is 0.708. The summed E-state index contributed by atoms with van der Waals surface area (Å²) in [7, 11) is 1.78. The molecule has 0 aliphatic rings. The minimum Gasteiger partial charge on any atom is -0.356 e. The molecular weight excluding hydrogens is 314 g/mol. The highest BCUT2D eigenvalue weighted by Crippen LogP contribution is 2.24. The molecule has 0 saturated heterocycles. The molecule has 5 heteroatoms. The summed E-state index contributed by atoms with van der Waals surface area (Å²) in [4.78, 5) is 24.7. The Morgan fingerprint density at radius 3 is 2.28 bits per heavy atom. The van der Waals surface area contributed by atoms with Gasteiger partial charge in [-0.1, -0.05) is 54.6 Å². The highest BCUT2D eigenvalue weighted by atomic mass is 16.2. The molecule has 0 fully saturated rings. The zero-order valence-corrected chi connectivity index (χ0v) is 14.8. The van der Waals surface area contributed by atoms with Crippen LogP contribution in [0.5, 0.6) is 0 Å². The van der Waals surface area contributed by atoms with Gasteiger partial charge in [0.15, 0.2) is 0 Å². The lowest BCUT2D eigenvalue weighted by atomic mass is 9.99. The average molecular weight is 339 g/mol. The van der Waals surface area contributed by atoms with Crippen LogP contribution >= 0.6 is 0 Å². The smallest absolute Gasteiger partial charge is 0.317 e. The van der Waals surface area contributed by atoms with Crippen LogP contribution in [-0.2, 0) is 11.3 Å². The predicted octanol–water partition coefficient (Wildman–Crippen LogP) is 3.02. The first-order chi connectivity index (χ1) is 12.1. The van der Waals surface area contributed by atoms with Crippen molar-refractivity contribution in [1.82, 2.24) is 15.5 Å². The fourth-order valence-electron chi connectivity index (χ4n) is 2.57. The first-order valence-electron chi connectivity index (χ1n) is 8.44. The van der Waals surface area contributed by atoms with Gasteiger partial charge in [0.2, 0.25) is 5.91 Å². The molecule has 0 aliphatic carbocycles. The van der Waals surface area contributed by atoms with Gasteiger partial charge in [-0.3, -0.25) is 4.79 Å². The molecule has 2 N–H and O–H groups in total. The van der Waals surface area contributed by atoms with E-state index < -0.39 is 0 Å². The molecule has 2 rings (SSSR count). The molecule has 0 bridgehead atoms. The van der Waals surface area contributed by atoms with E-state index in [1.165, 1.54) is 6.92 Å². The predicted molar refractivity (Wildman–Crippen MR) is 100 cm³/mol. The number of urea groups is 1. The van der Waals surface area contributed by atoms with Crippen molar-refractivity contribution in [1.29, 1.82) is 0 Å². The number of benzene rings is 2. The first kappa shape index (κ1) is 18.5. The lowest BCUT2D eigenvalue weighted by Crippen LogP contribution is -2.38. The van der Waals surface area contributed by atoms with Crippen LogP contribution in [0.3, 0.4) is 0 Å². The third-order valence-electron chi connectivity index (χ3n) is 3.86. The monoisotopic (exact) mass is 339 g/mol. The molecule has 0 radical (unpaired) electrons. The van der Waals surface area contributed by atoms with E-state index in [0.717, 1.165) is 16.7 Å². The second-order valence-corrected chi connectivity index (χ2v) is 5.95. The Bertz CT molecular complexity index is 701. The molecule has 3 amide bonds. The Morgan fingerprint density at radius 1 is 0.920 bits per heavy atom. The van der Waals surface area contributed by atoms with E-state index in [1.807, 2.05) is 36.4 Å². The lowest BCUT2D eigenvalue weighted by molar-refractivity contribution is -0.118. The second kappa shape index (κ2) is 9.47. The van der Waals surface area contributed by atoms with Crippen molar-refractivity contribution in [2.75, 3.05) is 20.1 Å². The number of carbonyl (C=O) groups is 2. The van der Waals surface area contributed by atoms with E-state index in [1.54, 1.807) is 11.9 Å². The van der Waals surface area contributed by atoms with Gasteiger partial charge in [0.1, 0.15) is 0 Å². The number of carbonyl (C=O) groups excluding carboxylic acids is 2. The van der Waals surface area contributed by atoms with Crippen molar-refractivity contribution >= 4 is 11.9 Å². The largest absolute Gasteiger partial charge is 0.356 e. The molecule has 2 aromatic carbocycles. The van der Waals surface area contributed by atoms with Crippen molar-refractivity contribution < 1.29 is 9.59 Å². The molecule has 2 aromatic rings. The minimum atomic E-state index is -0.120. The van der Waals surface area contributed by atoms with Crippen LogP contribution in [0.25, 0.3) is 11.1 Å². The standard InChI is InChI=1S/C20H25N3O2/c1-16(24)21-13-8-14-22-20(25)23(2)15-18-11-6-7-12-19(18)17-9-4-3-5-10-17/h3-7,9-12H,8,13-15H2,1-2H3,(H,21,24)(H,22,25). The van der Waals surface area contributed by atoms with Crippen LogP contribution in [0.15, 0.2) is 54.6 Å². The highest BCUT2D eigenvalue weighted by Gasteiger charge is 2.11.